The van der Waals surface area contributed by atoms with Crippen LogP contribution in [0.2, 0.25) is 0 Å². The molecule has 0 bridgehead atoms. The average Bonchev–Trinajstić information content (AvgIpc) is 3.57. The highest BCUT2D eigenvalue weighted by Crippen LogP contribution is 2.40. The molecule has 3 heterocycles. The fourth-order valence-electron chi connectivity index (χ4n) is 6.47. The zero-order valence-electron chi connectivity index (χ0n) is 18.8. The minimum atomic E-state index is -3.67. The molecule has 32 heavy (non-hydrogen) atoms. The monoisotopic (exact) mass is 456 g/mol. The van der Waals surface area contributed by atoms with E-state index in [2.05, 4.69) is 38.5 Å². The fourth-order valence-corrected chi connectivity index (χ4v) is 7.75. The van der Waals surface area contributed by atoms with Crippen molar-refractivity contribution in [1.82, 2.24) is 24.4 Å². The summed E-state index contributed by atoms with van der Waals surface area (Å²) in [5.74, 6) is 0.419. The van der Waals surface area contributed by atoms with Crippen molar-refractivity contribution in [2.75, 3.05) is 32.0 Å². The molecule has 1 spiro atoms. The summed E-state index contributed by atoms with van der Waals surface area (Å²) in [5.41, 5.74) is 6.91. The van der Waals surface area contributed by atoms with Gasteiger partial charge < -0.3 is 10.2 Å². The molecule has 6 rings (SSSR count). The number of nitrogens with one attached hydrogen (secondary N) is 2. The highest BCUT2D eigenvalue weighted by atomic mass is 32.2. The molecule has 2 aromatic rings. The Bertz CT molecular complexity index is 1120. The molecule has 172 valence electrons. The standard InChI is InChI=1S/C23H32N6O2S/c1-28-12-4-9-23(28)10-13-29(14-11-23)32(30,31)22-25-21(26-27-22)24-20-18-7-2-5-16(18)15-17-6-3-8-19(17)20/h15H,2-14H2,1H3,(H2,24,25,26,27). The molecule has 0 atom stereocenters. The zero-order valence-corrected chi connectivity index (χ0v) is 19.6. The first-order valence-corrected chi connectivity index (χ1v) is 13.5. The summed E-state index contributed by atoms with van der Waals surface area (Å²) < 4.78 is 28.1. The van der Waals surface area contributed by atoms with Crippen LogP contribution in [0.1, 0.15) is 60.8 Å². The number of hydrogen-bond acceptors (Lipinski definition) is 6. The van der Waals surface area contributed by atoms with Crippen molar-refractivity contribution in [3.05, 3.63) is 28.3 Å². The van der Waals surface area contributed by atoms with Gasteiger partial charge in [-0.15, -0.1) is 10.2 Å². The van der Waals surface area contributed by atoms with Gasteiger partial charge in [0.05, 0.1) is 0 Å². The van der Waals surface area contributed by atoms with Crippen LogP contribution in [0, 0.1) is 0 Å². The van der Waals surface area contributed by atoms with Gasteiger partial charge in [0.2, 0.25) is 5.95 Å². The number of aromatic nitrogens is 3. The number of aryl methyl sites for hydroxylation is 2. The summed E-state index contributed by atoms with van der Waals surface area (Å²) in [6, 6.07) is 2.39. The molecule has 0 saturated carbocycles. The molecule has 0 radical (unpaired) electrons. The Morgan fingerprint density at radius 1 is 0.938 bits per heavy atom. The summed E-state index contributed by atoms with van der Waals surface area (Å²) in [6.45, 7) is 2.18. The van der Waals surface area contributed by atoms with Crippen molar-refractivity contribution >= 4 is 21.7 Å². The largest absolute Gasteiger partial charge is 0.324 e. The van der Waals surface area contributed by atoms with Crippen LogP contribution in [0.15, 0.2) is 11.2 Å². The predicted molar refractivity (Wildman–Crippen MR) is 123 cm³/mol. The first-order chi connectivity index (χ1) is 15.5. The van der Waals surface area contributed by atoms with Gasteiger partial charge in [0.1, 0.15) is 0 Å². The van der Waals surface area contributed by atoms with Crippen molar-refractivity contribution in [2.24, 2.45) is 0 Å². The maximum Gasteiger partial charge on any atom is 0.278 e. The highest BCUT2D eigenvalue weighted by Gasteiger charge is 2.44. The van der Waals surface area contributed by atoms with Gasteiger partial charge in [-0.2, -0.15) is 4.31 Å². The van der Waals surface area contributed by atoms with Crippen LogP contribution < -0.4 is 5.32 Å². The Balaban J connectivity index is 1.22. The van der Waals surface area contributed by atoms with Crippen LogP contribution in [-0.4, -0.2) is 65.0 Å². The molecule has 0 amide bonds. The minimum absolute atomic E-state index is 0.0556. The van der Waals surface area contributed by atoms with E-state index >= 15 is 0 Å². The van der Waals surface area contributed by atoms with Gasteiger partial charge in [0, 0.05) is 24.3 Å². The predicted octanol–water partition coefficient (Wildman–Crippen LogP) is 2.77. The van der Waals surface area contributed by atoms with Crippen molar-refractivity contribution < 1.29 is 8.42 Å². The Hall–Kier alpha value is -1.97. The number of benzene rings is 1. The maximum atomic E-state index is 13.3. The second-order valence-electron chi connectivity index (χ2n) is 9.99. The van der Waals surface area contributed by atoms with E-state index < -0.39 is 10.0 Å². The van der Waals surface area contributed by atoms with Gasteiger partial charge in [-0.1, -0.05) is 6.07 Å². The molecule has 0 unspecified atom stereocenters. The van der Waals surface area contributed by atoms with Crippen molar-refractivity contribution in [3.8, 4) is 0 Å². The van der Waals surface area contributed by atoms with Gasteiger partial charge in [0.25, 0.3) is 15.2 Å². The Kier molecular flexibility index (Phi) is 4.85. The van der Waals surface area contributed by atoms with E-state index in [1.807, 2.05) is 0 Å². The minimum Gasteiger partial charge on any atom is -0.324 e. The second kappa shape index (κ2) is 7.53. The molecular formula is C23H32N6O2S. The summed E-state index contributed by atoms with van der Waals surface area (Å²) in [7, 11) is -1.51. The molecule has 9 heteroatoms. The lowest BCUT2D eigenvalue weighted by Gasteiger charge is -2.42. The highest BCUT2D eigenvalue weighted by molar-refractivity contribution is 7.88. The van der Waals surface area contributed by atoms with Gasteiger partial charge in [-0.25, -0.2) is 8.42 Å². The van der Waals surface area contributed by atoms with Gasteiger partial charge in [-0.05, 0) is 100 Å². The van der Waals surface area contributed by atoms with Crippen LogP contribution in [-0.2, 0) is 35.7 Å². The van der Waals surface area contributed by atoms with E-state index in [4.69, 9.17) is 0 Å². The van der Waals surface area contributed by atoms with Crippen molar-refractivity contribution in [1.29, 1.82) is 0 Å². The van der Waals surface area contributed by atoms with E-state index in [-0.39, 0.29) is 10.7 Å². The SMILES string of the molecule is CN1CCCC12CCN(S(=O)(=O)c1nnc(Nc3c4c(cc5c3CCC5)CCC4)[nH]1)CC2. The zero-order chi connectivity index (χ0) is 21.9. The van der Waals surface area contributed by atoms with E-state index in [1.165, 1.54) is 47.9 Å². The smallest absolute Gasteiger partial charge is 0.278 e. The van der Waals surface area contributed by atoms with Crippen LogP contribution >= 0.6 is 0 Å². The number of likely N-dealkylation sites (tertiary alicyclic amines) is 1. The molecule has 1 aromatic carbocycles. The van der Waals surface area contributed by atoms with E-state index in [0.717, 1.165) is 50.8 Å². The van der Waals surface area contributed by atoms with Crippen LogP contribution in [0.3, 0.4) is 0 Å². The lowest BCUT2D eigenvalue weighted by molar-refractivity contribution is 0.101. The molecule has 1 aromatic heterocycles. The first kappa shape index (κ1) is 20.6. The number of aromatic amines is 1. The molecular weight excluding hydrogens is 424 g/mol. The lowest BCUT2D eigenvalue weighted by Crippen LogP contribution is -2.52. The second-order valence-corrected chi connectivity index (χ2v) is 11.8. The average molecular weight is 457 g/mol. The maximum absolute atomic E-state index is 13.3. The number of anilines is 2. The van der Waals surface area contributed by atoms with E-state index in [1.54, 1.807) is 4.31 Å². The number of rotatable bonds is 4. The number of H-pyrrole nitrogens is 1. The van der Waals surface area contributed by atoms with E-state index in [9.17, 15) is 8.42 Å². The van der Waals surface area contributed by atoms with Crippen LogP contribution in [0.25, 0.3) is 0 Å². The fraction of sp³-hybridized carbons (Fsp3) is 0.652. The third-order valence-electron chi connectivity index (χ3n) is 8.37. The molecule has 2 aliphatic heterocycles. The quantitative estimate of drug-likeness (QED) is 0.735. The molecule has 4 aliphatic rings. The summed E-state index contributed by atoms with van der Waals surface area (Å²) in [6.07, 6.45) is 10.9. The van der Waals surface area contributed by atoms with Crippen LogP contribution in [0.4, 0.5) is 11.6 Å². The van der Waals surface area contributed by atoms with Crippen LogP contribution in [0.5, 0.6) is 0 Å². The number of piperidine rings is 1. The summed E-state index contributed by atoms with van der Waals surface area (Å²) in [4.78, 5) is 5.40. The molecule has 2 fully saturated rings. The van der Waals surface area contributed by atoms with Gasteiger partial charge in [0.15, 0.2) is 0 Å². The van der Waals surface area contributed by atoms with Crippen molar-refractivity contribution in [3.63, 3.8) is 0 Å². The Morgan fingerprint density at radius 3 is 2.25 bits per heavy atom. The third kappa shape index (κ3) is 3.20. The first-order valence-electron chi connectivity index (χ1n) is 12.0. The topological polar surface area (TPSA) is 94.2 Å². The summed E-state index contributed by atoms with van der Waals surface area (Å²) in [5, 5.41) is 11.6. The van der Waals surface area contributed by atoms with Gasteiger partial charge in [-0.3, -0.25) is 4.98 Å². The third-order valence-corrected chi connectivity index (χ3v) is 10.1. The number of nitrogens with zero attached hydrogens (tertiary/aromatic N) is 4. The lowest BCUT2D eigenvalue weighted by atomic mass is 9.86. The number of sulfonamides is 1. The normalized spacial score (nSPS) is 23.0. The number of fused-ring (bicyclic) bond motifs is 2. The van der Waals surface area contributed by atoms with E-state index in [0.29, 0.717) is 19.0 Å². The molecule has 2 aliphatic carbocycles. The number of hydrogen-bond donors (Lipinski definition) is 2. The Labute approximate surface area is 189 Å². The van der Waals surface area contributed by atoms with Gasteiger partial charge >= 0.3 is 0 Å². The Morgan fingerprint density at radius 2 is 1.62 bits per heavy atom. The molecule has 2 N–H and O–H groups in total. The molecule has 8 nitrogen and oxygen atoms in total. The van der Waals surface area contributed by atoms with Crippen molar-refractivity contribution in [2.45, 2.75) is 74.9 Å². The molecule has 2 saturated heterocycles. The summed E-state index contributed by atoms with van der Waals surface area (Å²) >= 11 is 0.